The summed E-state index contributed by atoms with van der Waals surface area (Å²) < 4.78 is 5.69. The van der Waals surface area contributed by atoms with Crippen molar-refractivity contribution in [1.29, 1.82) is 0 Å². The molecule has 2 nitrogen and oxygen atoms in total. The number of Topliss-reactive ketones (excluding diaryl/α,β-unsaturated/α-hetero) is 1. The van der Waals surface area contributed by atoms with Crippen molar-refractivity contribution in [2.24, 2.45) is 0 Å². The zero-order valence-corrected chi connectivity index (χ0v) is 13.6. The molecule has 0 aliphatic heterocycles. The van der Waals surface area contributed by atoms with Crippen LogP contribution in [-0.2, 0) is 0 Å². The van der Waals surface area contributed by atoms with E-state index < -0.39 is 0 Å². The van der Waals surface area contributed by atoms with Gasteiger partial charge in [0.05, 0.1) is 22.4 Å². The summed E-state index contributed by atoms with van der Waals surface area (Å²) in [7, 11) is 0. The number of hydrogen-bond acceptors (Lipinski definition) is 3. The highest BCUT2D eigenvalue weighted by atomic mass is 35.5. The van der Waals surface area contributed by atoms with E-state index in [2.05, 4.69) is 0 Å². The first-order chi connectivity index (χ1) is 10.1. The molecule has 0 saturated carbocycles. The zero-order chi connectivity index (χ0) is 15.2. The third kappa shape index (κ3) is 4.51. The van der Waals surface area contributed by atoms with Gasteiger partial charge in [0.2, 0.25) is 0 Å². The van der Waals surface area contributed by atoms with Crippen LogP contribution in [0.15, 0.2) is 53.4 Å². The monoisotopic (exact) mass is 320 g/mol. The quantitative estimate of drug-likeness (QED) is 0.547. The first-order valence-corrected chi connectivity index (χ1v) is 8.10. The molecular formula is C17H17ClO2S. The molecule has 0 amide bonds. The highest BCUT2D eigenvalue weighted by Crippen LogP contribution is 2.28. The van der Waals surface area contributed by atoms with Crippen molar-refractivity contribution in [2.75, 3.05) is 5.75 Å². The Morgan fingerprint density at radius 3 is 2.52 bits per heavy atom. The number of ketones is 1. The molecule has 4 heteroatoms. The fourth-order valence-electron chi connectivity index (χ4n) is 1.84. The van der Waals surface area contributed by atoms with Gasteiger partial charge in [0.25, 0.3) is 0 Å². The fraction of sp³-hybridized carbons (Fsp3) is 0.235. The second-order valence-corrected chi connectivity index (χ2v) is 6.23. The average molecular weight is 321 g/mol. The molecule has 2 aromatic carbocycles. The molecule has 0 bridgehead atoms. The van der Waals surface area contributed by atoms with Crippen LogP contribution in [0.2, 0.25) is 5.02 Å². The molecule has 21 heavy (non-hydrogen) atoms. The minimum absolute atomic E-state index is 0.0372. The molecule has 0 spiro atoms. The van der Waals surface area contributed by atoms with Crippen molar-refractivity contribution in [2.45, 2.75) is 24.8 Å². The van der Waals surface area contributed by atoms with Crippen LogP contribution in [0.5, 0.6) is 5.75 Å². The average Bonchev–Trinajstić information content (AvgIpc) is 2.46. The number of halogens is 1. The Hall–Kier alpha value is -1.45. The highest BCUT2D eigenvalue weighted by Gasteiger charge is 2.14. The summed E-state index contributed by atoms with van der Waals surface area (Å²) in [6.07, 6.45) is 0.0372. The molecule has 0 fully saturated rings. The largest absolute Gasteiger partial charge is 0.490 e. The second kappa shape index (κ2) is 7.53. The van der Waals surface area contributed by atoms with Crippen LogP contribution in [0.3, 0.4) is 0 Å². The van der Waals surface area contributed by atoms with Crippen molar-refractivity contribution in [3.05, 3.63) is 59.1 Å². The normalized spacial score (nSPS) is 10.7. The molecule has 0 heterocycles. The Morgan fingerprint density at radius 1 is 1.14 bits per heavy atom. The Bertz CT molecular complexity index is 626. The van der Waals surface area contributed by atoms with Gasteiger partial charge in [-0.15, -0.1) is 11.8 Å². The van der Waals surface area contributed by atoms with E-state index in [0.717, 1.165) is 4.90 Å². The molecule has 0 N–H and O–H groups in total. The SMILES string of the molecule is CC(C)Oc1ccccc1C(=O)CSc1ccccc1Cl. The lowest BCUT2D eigenvalue weighted by Gasteiger charge is -2.13. The summed E-state index contributed by atoms with van der Waals surface area (Å²) in [5, 5.41) is 0.669. The van der Waals surface area contributed by atoms with E-state index in [4.69, 9.17) is 16.3 Å². The van der Waals surface area contributed by atoms with E-state index in [9.17, 15) is 4.79 Å². The van der Waals surface area contributed by atoms with E-state index in [1.54, 1.807) is 6.07 Å². The Kier molecular flexibility index (Phi) is 5.71. The zero-order valence-electron chi connectivity index (χ0n) is 12.0. The van der Waals surface area contributed by atoms with Crippen LogP contribution in [0.4, 0.5) is 0 Å². The first kappa shape index (κ1) is 15.9. The third-order valence-electron chi connectivity index (χ3n) is 2.75. The molecule has 0 radical (unpaired) electrons. The Balaban J connectivity index is 2.09. The molecule has 0 unspecified atom stereocenters. The predicted molar refractivity (Wildman–Crippen MR) is 88.7 cm³/mol. The van der Waals surface area contributed by atoms with Crippen LogP contribution < -0.4 is 4.74 Å². The number of carbonyl (C=O) groups excluding carboxylic acids is 1. The molecule has 0 aliphatic carbocycles. The van der Waals surface area contributed by atoms with Crippen molar-refractivity contribution in [1.82, 2.24) is 0 Å². The van der Waals surface area contributed by atoms with E-state index in [1.807, 2.05) is 56.3 Å². The summed E-state index contributed by atoms with van der Waals surface area (Å²) in [6.45, 7) is 3.89. The van der Waals surface area contributed by atoms with Crippen LogP contribution in [0, 0.1) is 0 Å². The lowest BCUT2D eigenvalue weighted by atomic mass is 10.1. The number of hydrogen-bond donors (Lipinski definition) is 0. The number of carbonyl (C=O) groups is 1. The van der Waals surface area contributed by atoms with E-state index >= 15 is 0 Å². The molecule has 0 aromatic heterocycles. The van der Waals surface area contributed by atoms with Gasteiger partial charge in [0.15, 0.2) is 5.78 Å². The highest BCUT2D eigenvalue weighted by molar-refractivity contribution is 8.00. The van der Waals surface area contributed by atoms with Gasteiger partial charge < -0.3 is 4.74 Å². The molecule has 0 aliphatic rings. The van der Waals surface area contributed by atoms with Gasteiger partial charge in [-0.2, -0.15) is 0 Å². The van der Waals surface area contributed by atoms with Crippen molar-refractivity contribution >= 4 is 29.1 Å². The van der Waals surface area contributed by atoms with E-state index in [0.29, 0.717) is 22.1 Å². The van der Waals surface area contributed by atoms with Gasteiger partial charge in [0.1, 0.15) is 5.75 Å². The summed E-state index contributed by atoms with van der Waals surface area (Å²) in [5.41, 5.74) is 0.616. The lowest BCUT2D eigenvalue weighted by molar-refractivity contribution is 0.101. The molecule has 2 aromatic rings. The van der Waals surface area contributed by atoms with E-state index in [-0.39, 0.29) is 11.9 Å². The minimum atomic E-state index is 0.0372. The summed E-state index contributed by atoms with van der Waals surface area (Å²) in [5.74, 6) is 1.01. The number of ether oxygens (including phenoxy) is 1. The van der Waals surface area contributed by atoms with Gasteiger partial charge in [-0.25, -0.2) is 0 Å². The number of benzene rings is 2. The number of para-hydroxylation sites is 1. The Morgan fingerprint density at radius 2 is 1.81 bits per heavy atom. The van der Waals surface area contributed by atoms with Crippen molar-refractivity contribution in [3.8, 4) is 5.75 Å². The second-order valence-electron chi connectivity index (χ2n) is 4.81. The van der Waals surface area contributed by atoms with Gasteiger partial charge in [0, 0.05) is 4.90 Å². The van der Waals surface area contributed by atoms with Crippen LogP contribution in [-0.4, -0.2) is 17.6 Å². The topological polar surface area (TPSA) is 26.3 Å². The molecule has 110 valence electrons. The summed E-state index contributed by atoms with van der Waals surface area (Å²) >= 11 is 7.54. The van der Waals surface area contributed by atoms with Gasteiger partial charge in [-0.1, -0.05) is 35.9 Å². The smallest absolute Gasteiger partial charge is 0.176 e. The van der Waals surface area contributed by atoms with E-state index in [1.165, 1.54) is 11.8 Å². The lowest BCUT2D eigenvalue weighted by Crippen LogP contribution is -2.11. The molecule has 0 saturated heterocycles. The number of thioether (sulfide) groups is 1. The molecule has 0 atom stereocenters. The molecular weight excluding hydrogens is 304 g/mol. The maximum atomic E-state index is 12.4. The fourth-order valence-corrected chi connectivity index (χ4v) is 2.96. The predicted octanol–water partition coefficient (Wildman–Crippen LogP) is 5.10. The van der Waals surface area contributed by atoms with Crippen LogP contribution in [0.1, 0.15) is 24.2 Å². The summed E-state index contributed by atoms with van der Waals surface area (Å²) in [6, 6.07) is 14.9. The van der Waals surface area contributed by atoms with Crippen molar-refractivity contribution < 1.29 is 9.53 Å². The number of rotatable bonds is 6. The van der Waals surface area contributed by atoms with Gasteiger partial charge >= 0.3 is 0 Å². The third-order valence-corrected chi connectivity index (χ3v) is 4.26. The summed E-state index contributed by atoms with van der Waals surface area (Å²) in [4.78, 5) is 13.3. The molecule has 2 rings (SSSR count). The van der Waals surface area contributed by atoms with Gasteiger partial charge in [-0.05, 0) is 38.1 Å². The minimum Gasteiger partial charge on any atom is -0.490 e. The standard InChI is InChI=1S/C17H17ClO2S/c1-12(2)20-16-9-5-3-7-13(16)15(19)11-21-17-10-6-4-8-14(17)18/h3-10,12H,11H2,1-2H3. The Labute approximate surface area is 134 Å². The van der Waals surface area contributed by atoms with Crippen molar-refractivity contribution in [3.63, 3.8) is 0 Å². The van der Waals surface area contributed by atoms with Gasteiger partial charge in [-0.3, -0.25) is 4.79 Å². The first-order valence-electron chi connectivity index (χ1n) is 6.74. The van der Waals surface area contributed by atoms with Crippen LogP contribution >= 0.6 is 23.4 Å². The van der Waals surface area contributed by atoms with Crippen LogP contribution in [0.25, 0.3) is 0 Å². The maximum Gasteiger partial charge on any atom is 0.176 e. The maximum absolute atomic E-state index is 12.4.